The molecular formula is C28H45NO3S. The van der Waals surface area contributed by atoms with Crippen LogP contribution >= 0.6 is 12.2 Å². The van der Waals surface area contributed by atoms with E-state index in [1.807, 2.05) is 11.0 Å². The Balaban J connectivity index is 1.97. The quantitative estimate of drug-likeness (QED) is 0.304. The summed E-state index contributed by atoms with van der Waals surface area (Å²) in [5, 5.41) is 0. The van der Waals surface area contributed by atoms with E-state index in [0.717, 1.165) is 49.9 Å². The van der Waals surface area contributed by atoms with E-state index in [1.165, 1.54) is 5.56 Å². The van der Waals surface area contributed by atoms with Crippen LogP contribution in [-0.4, -0.2) is 54.7 Å². The Kier molecular flexibility index (Phi) is 12.0. The third-order valence-corrected chi connectivity index (χ3v) is 8.39. The highest BCUT2D eigenvalue weighted by Gasteiger charge is 2.39. The van der Waals surface area contributed by atoms with Gasteiger partial charge in [-0.05, 0) is 54.4 Å². The molecule has 0 N–H and O–H groups in total. The molecule has 5 heteroatoms. The van der Waals surface area contributed by atoms with E-state index in [9.17, 15) is 4.79 Å². The fraction of sp³-hybridized carbons (Fsp3) is 0.714. The van der Waals surface area contributed by atoms with Crippen LogP contribution in [0.15, 0.2) is 30.3 Å². The average molecular weight is 476 g/mol. The summed E-state index contributed by atoms with van der Waals surface area (Å²) < 4.78 is 11.7. The van der Waals surface area contributed by atoms with Crippen LogP contribution in [0.1, 0.15) is 71.8 Å². The van der Waals surface area contributed by atoms with Gasteiger partial charge in [0.15, 0.2) is 0 Å². The lowest BCUT2D eigenvalue weighted by molar-refractivity contribution is -0.138. The maximum atomic E-state index is 13.3. The first-order valence-electron chi connectivity index (χ1n) is 12.8. The number of amides is 1. The van der Waals surface area contributed by atoms with Gasteiger partial charge in [0.05, 0.1) is 24.7 Å². The number of carbonyl (C=O) groups is 1. The van der Waals surface area contributed by atoms with Crippen molar-refractivity contribution in [3.63, 3.8) is 0 Å². The van der Waals surface area contributed by atoms with Crippen LogP contribution in [0.25, 0.3) is 0 Å². The number of ether oxygens (including phenoxy) is 2. The number of nitrogens with zero attached hydrogens (tertiary/aromatic N) is 1. The minimum atomic E-state index is -0.0614. The van der Waals surface area contributed by atoms with Gasteiger partial charge in [-0.3, -0.25) is 4.79 Å². The second kappa shape index (κ2) is 14.2. The summed E-state index contributed by atoms with van der Waals surface area (Å²) in [4.78, 5) is 16.4. The highest BCUT2D eigenvalue weighted by Crippen LogP contribution is 2.30. The highest BCUT2D eigenvalue weighted by atomic mass is 32.1. The van der Waals surface area contributed by atoms with Crippen molar-refractivity contribution in [3.05, 3.63) is 35.9 Å². The van der Waals surface area contributed by atoms with Crippen molar-refractivity contribution in [1.29, 1.82) is 0 Å². The van der Waals surface area contributed by atoms with Crippen LogP contribution in [0, 0.1) is 17.8 Å². The Bertz CT molecular complexity index is 725. The lowest BCUT2D eigenvalue weighted by atomic mass is 9.86. The first-order chi connectivity index (χ1) is 15.8. The number of rotatable bonds is 14. The van der Waals surface area contributed by atoms with Crippen molar-refractivity contribution in [2.75, 3.05) is 20.8 Å². The molecule has 186 valence electrons. The molecule has 2 rings (SSSR count). The molecule has 1 saturated heterocycles. The molecule has 0 bridgehead atoms. The zero-order chi connectivity index (χ0) is 24.4. The Hall–Kier alpha value is -1.30. The van der Waals surface area contributed by atoms with Gasteiger partial charge in [-0.2, -0.15) is 0 Å². The summed E-state index contributed by atoms with van der Waals surface area (Å²) >= 11 is 5.84. The molecule has 6 atom stereocenters. The van der Waals surface area contributed by atoms with Gasteiger partial charge < -0.3 is 14.4 Å². The molecule has 0 spiro atoms. The minimum absolute atomic E-state index is 0.0498. The smallest absolute Gasteiger partial charge is 0.225 e. The minimum Gasteiger partial charge on any atom is -0.381 e. The van der Waals surface area contributed by atoms with Crippen molar-refractivity contribution in [3.8, 4) is 0 Å². The number of benzene rings is 1. The summed E-state index contributed by atoms with van der Waals surface area (Å²) in [7, 11) is 3.49. The average Bonchev–Trinajstić information content (AvgIpc) is 3.32. The van der Waals surface area contributed by atoms with Crippen LogP contribution in [0.2, 0.25) is 0 Å². The summed E-state index contributed by atoms with van der Waals surface area (Å²) in [6.07, 6.45) is 6.38. The van der Waals surface area contributed by atoms with Crippen LogP contribution in [0.5, 0.6) is 0 Å². The van der Waals surface area contributed by atoms with Gasteiger partial charge in [-0.15, -0.1) is 0 Å². The number of aryl methyl sites for hydroxylation is 1. The van der Waals surface area contributed by atoms with E-state index in [0.29, 0.717) is 18.3 Å². The Morgan fingerprint density at radius 3 is 2.45 bits per heavy atom. The van der Waals surface area contributed by atoms with E-state index in [-0.39, 0.29) is 30.1 Å². The van der Waals surface area contributed by atoms with E-state index in [4.69, 9.17) is 21.7 Å². The molecule has 1 heterocycles. The van der Waals surface area contributed by atoms with Crippen LogP contribution in [0.4, 0.5) is 0 Å². The fourth-order valence-electron chi connectivity index (χ4n) is 5.17. The molecule has 0 aliphatic carbocycles. The van der Waals surface area contributed by atoms with Gasteiger partial charge in [-0.25, -0.2) is 0 Å². The number of hydrogen-bond acceptors (Lipinski definition) is 4. The molecule has 0 radical (unpaired) electrons. The third kappa shape index (κ3) is 7.87. The van der Waals surface area contributed by atoms with Crippen molar-refractivity contribution in [1.82, 2.24) is 4.90 Å². The van der Waals surface area contributed by atoms with Crippen LogP contribution in [0.3, 0.4) is 0 Å². The molecule has 0 saturated carbocycles. The second-order valence-corrected chi connectivity index (χ2v) is 10.3. The normalized spacial score (nSPS) is 20.8. The Morgan fingerprint density at radius 1 is 1.15 bits per heavy atom. The zero-order valence-electron chi connectivity index (χ0n) is 21.6. The summed E-state index contributed by atoms with van der Waals surface area (Å²) in [6, 6.07) is 10.6. The lowest BCUT2D eigenvalue weighted by Gasteiger charge is -2.36. The van der Waals surface area contributed by atoms with Gasteiger partial charge >= 0.3 is 0 Å². The number of methoxy groups -OCH3 is 2. The van der Waals surface area contributed by atoms with Gasteiger partial charge in [0.25, 0.3) is 0 Å². The maximum Gasteiger partial charge on any atom is 0.225 e. The molecule has 1 aliphatic heterocycles. The molecule has 1 aliphatic rings. The van der Waals surface area contributed by atoms with Gasteiger partial charge in [0, 0.05) is 26.7 Å². The first kappa shape index (κ1) is 27.9. The summed E-state index contributed by atoms with van der Waals surface area (Å²) in [5.74, 6) is 1.19. The maximum absolute atomic E-state index is 13.3. The molecule has 4 nitrogen and oxygen atoms in total. The molecule has 33 heavy (non-hydrogen) atoms. The molecule has 0 aromatic heterocycles. The first-order valence-corrected chi connectivity index (χ1v) is 13.2. The fourth-order valence-corrected chi connectivity index (χ4v) is 5.45. The molecule has 1 amide bonds. The predicted molar refractivity (Wildman–Crippen MR) is 141 cm³/mol. The largest absolute Gasteiger partial charge is 0.381 e. The van der Waals surface area contributed by atoms with E-state index in [1.54, 1.807) is 14.2 Å². The van der Waals surface area contributed by atoms with E-state index >= 15 is 0 Å². The number of hydrogen-bond donors (Lipinski definition) is 0. The van der Waals surface area contributed by atoms with E-state index < -0.39 is 0 Å². The van der Waals surface area contributed by atoms with Crippen molar-refractivity contribution in [2.45, 2.75) is 90.9 Å². The number of likely N-dealkylation sites (tertiary alicyclic amines) is 1. The van der Waals surface area contributed by atoms with Gasteiger partial charge in [0.1, 0.15) is 0 Å². The Labute approximate surface area is 207 Å². The topological polar surface area (TPSA) is 38.8 Å². The van der Waals surface area contributed by atoms with Gasteiger partial charge in [-0.1, -0.05) is 76.7 Å². The van der Waals surface area contributed by atoms with Crippen molar-refractivity contribution >= 4 is 23.0 Å². The zero-order valence-corrected chi connectivity index (χ0v) is 22.4. The summed E-state index contributed by atoms with van der Waals surface area (Å²) in [5.41, 5.74) is 1.35. The third-order valence-electron chi connectivity index (χ3n) is 7.81. The standard InChI is InChI=1S/C28H45NO3S/c1-7-20(2)21(3)25(31-5)19-27(30)29-18-12-16-24(29)28(32-6)22(4)26(33)17-11-15-23-13-9-8-10-14-23/h8-10,13-14,20-22,24-25,28H,7,11-12,15-19H2,1-6H3/t20-,21-,22-,24-,25+,28+/m0/s1. The second-order valence-electron chi connectivity index (χ2n) is 9.81. The number of carbonyl (C=O) groups excluding carboxylic acids is 1. The lowest BCUT2D eigenvalue weighted by Crippen LogP contribution is -2.48. The van der Waals surface area contributed by atoms with Crippen molar-refractivity contribution in [2.24, 2.45) is 17.8 Å². The molecule has 1 aromatic rings. The predicted octanol–water partition coefficient (Wildman–Crippen LogP) is 6.11. The molecule has 1 aromatic carbocycles. The van der Waals surface area contributed by atoms with Crippen LogP contribution < -0.4 is 0 Å². The highest BCUT2D eigenvalue weighted by molar-refractivity contribution is 7.80. The molecular weight excluding hydrogens is 430 g/mol. The number of thiocarbonyl (C=S) groups is 1. The molecule has 0 unspecified atom stereocenters. The SMILES string of the molecule is CC[C@H](C)[C@H](C)[C@@H](CC(=O)N1CCC[C@H]1[C@H](OC)[C@@H](C)C(=S)CCCc1ccccc1)OC. The monoisotopic (exact) mass is 475 g/mol. The van der Waals surface area contributed by atoms with Gasteiger partial charge in [0.2, 0.25) is 5.91 Å². The van der Waals surface area contributed by atoms with Crippen LogP contribution in [-0.2, 0) is 20.7 Å². The van der Waals surface area contributed by atoms with E-state index in [2.05, 4.69) is 52.0 Å². The molecule has 1 fully saturated rings. The van der Waals surface area contributed by atoms with Crippen molar-refractivity contribution < 1.29 is 14.3 Å². The Morgan fingerprint density at radius 2 is 1.85 bits per heavy atom. The summed E-state index contributed by atoms with van der Waals surface area (Å²) in [6.45, 7) is 9.60.